The molecule has 1 rings (SSSR count). The van der Waals surface area contributed by atoms with Gasteiger partial charge in [0.05, 0.1) is 6.10 Å². The van der Waals surface area contributed by atoms with Gasteiger partial charge in [0.2, 0.25) is 0 Å². The molecule has 1 aromatic carbocycles. The zero-order valence-electron chi connectivity index (χ0n) is 13.3. The second kappa shape index (κ2) is 6.20. The topological polar surface area (TPSA) is 9.23 Å². The third-order valence-corrected chi connectivity index (χ3v) is 5.16. The molecule has 1 nitrogen and oxygen atoms in total. The van der Waals surface area contributed by atoms with Crippen LogP contribution in [-0.4, -0.2) is 16.4 Å². The van der Waals surface area contributed by atoms with Crippen molar-refractivity contribution in [1.82, 2.24) is 0 Å². The van der Waals surface area contributed by atoms with Gasteiger partial charge in [-0.25, -0.2) is 0 Å². The lowest BCUT2D eigenvalue weighted by atomic mass is 10.0. The highest BCUT2D eigenvalue weighted by Crippen LogP contribution is 2.33. The van der Waals surface area contributed by atoms with Crippen LogP contribution in [0.4, 0.5) is 0 Å². The van der Waals surface area contributed by atoms with E-state index in [1.807, 2.05) is 0 Å². The third kappa shape index (κ3) is 6.36. The van der Waals surface area contributed by atoms with Crippen molar-refractivity contribution in [3.8, 4) is 0 Å². The molecule has 0 aliphatic carbocycles. The average molecular weight is 293 g/mol. The fraction of sp³-hybridized carbons (Fsp3) is 0.500. The maximum absolute atomic E-state index is 6.39. The molecule has 0 bridgehead atoms. The minimum absolute atomic E-state index is 0.0691. The Kier molecular flexibility index (Phi) is 5.36. The van der Waals surface area contributed by atoms with Crippen molar-refractivity contribution in [1.29, 1.82) is 0 Å². The Labute approximate surface area is 120 Å². The van der Waals surface area contributed by atoms with Crippen LogP contribution in [0, 0.1) is 0 Å². The highest BCUT2D eigenvalue weighted by molar-refractivity contribution is 6.76. The summed E-state index contributed by atoms with van der Waals surface area (Å²) in [5, 5.41) is 0. The lowest BCUT2D eigenvalue weighted by molar-refractivity contribution is 0.235. The maximum Gasteiger partial charge on any atom is 0.185 e. The second-order valence-electron chi connectivity index (χ2n) is 7.42. The first-order valence-electron chi connectivity index (χ1n) is 6.99. The molecule has 1 aromatic rings. The summed E-state index contributed by atoms with van der Waals surface area (Å²) < 4.78 is 6.39. The summed E-state index contributed by atoms with van der Waals surface area (Å²) in [5.74, 6) is 0. The molecule has 0 N–H and O–H groups in total. The molecule has 0 amide bonds. The zero-order valence-corrected chi connectivity index (χ0v) is 15.3. The first kappa shape index (κ1) is 16.4. The molecule has 0 spiro atoms. The van der Waals surface area contributed by atoms with Gasteiger partial charge in [-0.3, -0.25) is 0 Å². The molecule has 3 heteroatoms. The monoisotopic (exact) mass is 292 g/mol. The summed E-state index contributed by atoms with van der Waals surface area (Å²) in [7, 11) is -2.74. The van der Waals surface area contributed by atoms with E-state index >= 15 is 0 Å². The van der Waals surface area contributed by atoms with Crippen molar-refractivity contribution in [3.05, 3.63) is 48.0 Å². The molecule has 19 heavy (non-hydrogen) atoms. The fourth-order valence-corrected chi connectivity index (χ4v) is 4.70. The van der Waals surface area contributed by atoms with E-state index in [2.05, 4.69) is 76.2 Å². The number of benzene rings is 1. The first-order chi connectivity index (χ1) is 8.58. The average Bonchev–Trinajstić information content (AvgIpc) is 2.23. The van der Waals surface area contributed by atoms with Crippen LogP contribution in [0.1, 0.15) is 11.7 Å². The minimum atomic E-state index is -1.59. The van der Waals surface area contributed by atoms with Crippen LogP contribution >= 0.6 is 0 Å². The smallest absolute Gasteiger partial charge is 0.185 e. The van der Waals surface area contributed by atoms with Crippen molar-refractivity contribution in [3.63, 3.8) is 0 Å². The third-order valence-electron chi connectivity index (χ3n) is 2.70. The van der Waals surface area contributed by atoms with Crippen molar-refractivity contribution >= 4 is 16.4 Å². The number of rotatable bonds is 6. The highest BCUT2D eigenvalue weighted by atomic mass is 28.4. The Balaban J connectivity index is 2.97. The Hall–Kier alpha value is -0.646. The van der Waals surface area contributed by atoms with E-state index < -0.39 is 16.4 Å². The lowest BCUT2D eigenvalue weighted by Crippen LogP contribution is -2.30. The molecule has 0 aromatic heterocycles. The summed E-state index contributed by atoms with van der Waals surface area (Å²) in [6, 6.07) is 11.6. The van der Waals surface area contributed by atoms with Crippen molar-refractivity contribution in [2.45, 2.75) is 51.4 Å². The summed E-state index contributed by atoms with van der Waals surface area (Å²) in [5.41, 5.74) is 2.49. The van der Waals surface area contributed by atoms with Gasteiger partial charge in [-0.15, -0.1) is 0 Å². The van der Waals surface area contributed by atoms with Crippen LogP contribution in [-0.2, 0) is 4.43 Å². The molecule has 1 atom stereocenters. The largest absolute Gasteiger partial charge is 0.407 e. The van der Waals surface area contributed by atoms with Crippen LogP contribution in [0.3, 0.4) is 0 Å². The quantitative estimate of drug-likeness (QED) is 0.499. The summed E-state index contributed by atoms with van der Waals surface area (Å²) in [4.78, 5) is 0. The standard InChI is InChI=1S/C16H28OSi2/c1-14(13-18(2,3)4)16(17-19(5,6)7)15-11-9-8-10-12-15/h8-12,16H,1,13H2,2-7H3. The van der Waals surface area contributed by atoms with Gasteiger partial charge in [-0.05, 0) is 36.8 Å². The van der Waals surface area contributed by atoms with Gasteiger partial charge in [-0.2, -0.15) is 0 Å². The van der Waals surface area contributed by atoms with E-state index in [0.29, 0.717) is 0 Å². The van der Waals surface area contributed by atoms with Crippen molar-refractivity contribution in [2.75, 3.05) is 0 Å². The van der Waals surface area contributed by atoms with Crippen LogP contribution in [0.15, 0.2) is 42.5 Å². The van der Waals surface area contributed by atoms with Gasteiger partial charge in [0.1, 0.15) is 0 Å². The zero-order chi connectivity index (χ0) is 14.7. The van der Waals surface area contributed by atoms with Crippen molar-refractivity contribution in [2.24, 2.45) is 0 Å². The van der Waals surface area contributed by atoms with E-state index in [-0.39, 0.29) is 6.10 Å². The molecule has 0 heterocycles. The number of hydrogen-bond acceptors (Lipinski definition) is 1. The molecule has 1 unspecified atom stereocenters. The van der Waals surface area contributed by atoms with E-state index in [1.54, 1.807) is 0 Å². The Morgan fingerprint density at radius 3 is 2.00 bits per heavy atom. The van der Waals surface area contributed by atoms with E-state index in [1.165, 1.54) is 11.1 Å². The van der Waals surface area contributed by atoms with Crippen molar-refractivity contribution < 1.29 is 4.43 Å². The SMILES string of the molecule is C=C(C[Si](C)(C)C)C(O[Si](C)(C)C)c1ccccc1. The van der Waals surface area contributed by atoms with Crippen LogP contribution in [0.5, 0.6) is 0 Å². The summed E-state index contributed by atoms with van der Waals surface area (Å²) in [6.45, 7) is 18.2. The molecule has 0 saturated carbocycles. The predicted octanol–water partition coefficient (Wildman–Crippen LogP) is 5.47. The predicted molar refractivity (Wildman–Crippen MR) is 90.9 cm³/mol. The molecule has 0 aliphatic heterocycles. The Morgan fingerprint density at radius 2 is 1.58 bits per heavy atom. The molecule has 0 saturated heterocycles. The minimum Gasteiger partial charge on any atom is -0.407 e. The van der Waals surface area contributed by atoms with Crippen LogP contribution in [0.25, 0.3) is 0 Å². The van der Waals surface area contributed by atoms with E-state index in [0.717, 1.165) is 6.04 Å². The maximum atomic E-state index is 6.39. The summed E-state index contributed by atoms with van der Waals surface area (Å²) >= 11 is 0. The Bertz CT molecular complexity index is 413. The van der Waals surface area contributed by atoms with Gasteiger partial charge in [0.25, 0.3) is 0 Å². The Morgan fingerprint density at radius 1 is 1.05 bits per heavy atom. The highest BCUT2D eigenvalue weighted by Gasteiger charge is 2.27. The van der Waals surface area contributed by atoms with E-state index in [4.69, 9.17) is 4.43 Å². The lowest BCUT2D eigenvalue weighted by Gasteiger charge is -2.30. The summed E-state index contributed by atoms with van der Waals surface area (Å²) in [6.07, 6.45) is 0.0691. The molecule has 106 valence electrons. The van der Waals surface area contributed by atoms with Crippen LogP contribution < -0.4 is 0 Å². The fourth-order valence-electron chi connectivity index (χ4n) is 2.14. The molecule has 0 radical (unpaired) electrons. The van der Waals surface area contributed by atoms with Gasteiger partial charge >= 0.3 is 0 Å². The van der Waals surface area contributed by atoms with Gasteiger partial charge in [0.15, 0.2) is 8.32 Å². The molecule has 0 fully saturated rings. The van der Waals surface area contributed by atoms with Crippen LogP contribution in [0.2, 0.25) is 45.3 Å². The normalized spacial score (nSPS) is 14.2. The second-order valence-corrected chi connectivity index (χ2v) is 17.4. The van der Waals surface area contributed by atoms with E-state index in [9.17, 15) is 0 Å². The first-order valence-corrected chi connectivity index (χ1v) is 14.1. The van der Waals surface area contributed by atoms with Gasteiger partial charge in [0, 0.05) is 8.07 Å². The van der Waals surface area contributed by atoms with Gasteiger partial charge < -0.3 is 4.43 Å². The molecular weight excluding hydrogens is 264 g/mol. The molecular formula is C16H28OSi2. The van der Waals surface area contributed by atoms with Gasteiger partial charge in [-0.1, -0.05) is 56.6 Å². The number of hydrogen-bond donors (Lipinski definition) is 0. The molecule has 0 aliphatic rings.